The molecule has 1 aliphatic heterocycles. The van der Waals surface area contributed by atoms with Gasteiger partial charge in [0.15, 0.2) is 0 Å². The highest BCUT2D eigenvalue weighted by Gasteiger charge is 2.20. The first-order chi connectivity index (χ1) is 10.0. The lowest BCUT2D eigenvalue weighted by Gasteiger charge is -2.35. The van der Waals surface area contributed by atoms with Gasteiger partial charge in [-0.1, -0.05) is 38.1 Å². The highest BCUT2D eigenvalue weighted by molar-refractivity contribution is 5.22. The first-order valence-corrected chi connectivity index (χ1v) is 8.24. The minimum atomic E-state index is 0.542. The molecule has 1 N–H and O–H groups in total. The quantitative estimate of drug-likeness (QED) is 0.869. The topological polar surface area (TPSA) is 18.5 Å². The molecule has 0 atom stereocenters. The maximum Gasteiger partial charge on any atom is 0.0233 e. The second-order valence-electron chi connectivity index (χ2n) is 6.80. The molecular weight excluding hydrogens is 258 g/mol. The van der Waals surface area contributed by atoms with Gasteiger partial charge in [0, 0.05) is 25.2 Å². The largest absolute Gasteiger partial charge is 0.310 e. The van der Waals surface area contributed by atoms with Crippen LogP contribution in [0.1, 0.15) is 37.8 Å². The van der Waals surface area contributed by atoms with Gasteiger partial charge in [0.05, 0.1) is 0 Å². The van der Waals surface area contributed by atoms with Gasteiger partial charge in [0.1, 0.15) is 0 Å². The summed E-state index contributed by atoms with van der Waals surface area (Å²) in [5, 5.41) is 3.46. The second kappa shape index (κ2) is 7.92. The number of benzene rings is 1. The van der Waals surface area contributed by atoms with Crippen LogP contribution in [-0.2, 0) is 13.1 Å². The van der Waals surface area contributed by atoms with E-state index in [9.17, 15) is 0 Å². The third-order valence-corrected chi connectivity index (χ3v) is 4.48. The number of rotatable bonds is 6. The van der Waals surface area contributed by atoms with Crippen molar-refractivity contribution >= 4 is 0 Å². The van der Waals surface area contributed by atoms with Gasteiger partial charge in [-0.2, -0.15) is 0 Å². The smallest absolute Gasteiger partial charge is 0.0233 e. The molecule has 1 aromatic carbocycles. The Morgan fingerprint density at radius 1 is 1.14 bits per heavy atom. The van der Waals surface area contributed by atoms with E-state index in [0.29, 0.717) is 6.04 Å². The number of nitrogens with one attached hydrogen (secondary N) is 1. The van der Waals surface area contributed by atoms with E-state index in [2.05, 4.69) is 67.3 Å². The molecule has 21 heavy (non-hydrogen) atoms. The lowest BCUT2D eigenvalue weighted by molar-refractivity contribution is 0.139. The fourth-order valence-electron chi connectivity index (χ4n) is 2.94. The fraction of sp³-hybridized carbons (Fsp3) is 0.667. The van der Waals surface area contributed by atoms with E-state index in [1.807, 2.05) is 0 Å². The molecule has 1 saturated heterocycles. The molecule has 3 nitrogen and oxygen atoms in total. The molecule has 0 aliphatic carbocycles. The summed E-state index contributed by atoms with van der Waals surface area (Å²) in [5.41, 5.74) is 2.79. The number of hydrogen-bond acceptors (Lipinski definition) is 3. The molecular formula is C18H31N3. The van der Waals surface area contributed by atoms with E-state index in [0.717, 1.165) is 19.1 Å². The van der Waals surface area contributed by atoms with Crippen molar-refractivity contribution in [2.24, 2.45) is 0 Å². The molecule has 0 amide bonds. The van der Waals surface area contributed by atoms with Gasteiger partial charge in [-0.15, -0.1) is 0 Å². The summed E-state index contributed by atoms with van der Waals surface area (Å²) in [7, 11) is 4.49. The van der Waals surface area contributed by atoms with Crippen LogP contribution in [0.15, 0.2) is 24.3 Å². The molecule has 0 aromatic heterocycles. The molecule has 118 valence electrons. The van der Waals surface area contributed by atoms with Gasteiger partial charge >= 0.3 is 0 Å². The number of piperidine rings is 1. The van der Waals surface area contributed by atoms with E-state index in [1.54, 1.807) is 0 Å². The SMILES string of the molecule is CC(C)NCc1ccc(CN(C)C2CCN(C)CC2)cc1. The molecule has 1 aromatic rings. The van der Waals surface area contributed by atoms with Crippen LogP contribution in [-0.4, -0.2) is 49.1 Å². The molecule has 3 heteroatoms. The van der Waals surface area contributed by atoms with Crippen molar-refractivity contribution in [1.29, 1.82) is 0 Å². The average molecular weight is 289 g/mol. The van der Waals surface area contributed by atoms with E-state index < -0.39 is 0 Å². The number of nitrogens with zero attached hydrogens (tertiary/aromatic N) is 2. The molecule has 0 saturated carbocycles. The molecule has 0 spiro atoms. The molecule has 0 radical (unpaired) electrons. The minimum absolute atomic E-state index is 0.542. The highest BCUT2D eigenvalue weighted by atomic mass is 15.2. The summed E-state index contributed by atoms with van der Waals surface area (Å²) >= 11 is 0. The Kier molecular flexibility index (Phi) is 6.22. The zero-order chi connectivity index (χ0) is 15.2. The first kappa shape index (κ1) is 16.5. The standard InChI is InChI=1S/C18H31N3/c1-15(2)19-13-16-5-7-17(8-6-16)14-21(4)18-9-11-20(3)12-10-18/h5-8,15,18-19H,9-14H2,1-4H3. The van der Waals surface area contributed by atoms with Crippen LogP contribution in [0.25, 0.3) is 0 Å². The predicted octanol–water partition coefficient (Wildman–Crippen LogP) is 2.71. The lowest BCUT2D eigenvalue weighted by atomic mass is 10.0. The Morgan fingerprint density at radius 2 is 1.71 bits per heavy atom. The molecule has 1 fully saturated rings. The molecule has 1 aliphatic rings. The van der Waals surface area contributed by atoms with Gasteiger partial charge in [0.2, 0.25) is 0 Å². The Morgan fingerprint density at radius 3 is 2.29 bits per heavy atom. The van der Waals surface area contributed by atoms with Gasteiger partial charge in [-0.3, -0.25) is 4.90 Å². The van der Waals surface area contributed by atoms with Crippen LogP contribution in [0, 0.1) is 0 Å². The second-order valence-corrected chi connectivity index (χ2v) is 6.80. The summed E-state index contributed by atoms with van der Waals surface area (Å²) in [6, 6.07) is 10.4. The summed E-state index contributed by atoms with van der Waals surface area (Å²) in [5.74, 6) is 0. The zero-order valence-electron chi connectivity index (χ0n) is 14.1. The Hall–Kier alpha value is -0.900. The Balaban J connectivity index is 1.82. The van der Waals surface area contributed by atoms with Gasteiger partial charge in [0.25, 0.3) is 0 Å². The molecule has 0 bridgehead atoms. The molecule has 1 heterocycles. The van der Waals surface area contributed by atoms with Gasteiger partial charge in [-0.05, 0) is 51.2 Å². The van der Waals surface area contributed by atoms with Gasteiger partial charge in [-0.25, -0.2) is 0 Å². The Bertz CT molecular complexity index is 405. The van der Waals surface area contributed by atoms with Crippen molar-refractivity contribution in [3.8, 4) is 0 Å². The van der Waals surface area contributed by atoms with Crippen molar-refractivity contribution in [3.05, 3.63) is 35.4 Å². The van der Waals surface area contributed by atoms with E-state index >= 15 is 0 Å². The first-order valence-electron chi connectivity index (χ1n) is 8.24. The molecule has 2 rings (SSSR count). The number of hydrogen-bond donors (Lipinski definition) is 1. The monoisotopic (exact) mass is 289 g/mol. The van der Waals surface area contributed by atoms with Crippen molar-refractivity contribution in [1.82, 2.24) is 15.1 Å². The van der Waals surface area contributed by atoms with E-state index in [4.69, 9.17) is 0 Å². The third-order valence-electron chi connectivity index (χ3n) is 4.48. The van der Waals surface area contributed by atoms with Crippen LogP contribution in [0.5, 0.6) is 0 Å². The lowest BCUT2D eigenvalue weighted by Crippen LogP contribution is -2.41. The normalized spacial score (nSPS) is 17.8. The van der Waals surface area contributed by atoms with Crippen molar-refractivity contribution in [2.45, 2.75) is 51.9 Å². The predicted molar refractivity (Wildman–Crippen MR) is 90.4 cm³/mol. The van der Waals surface area contributed by atoms with Crippen molar-refractivity contribution in [2.75, 3.05) is 27.2 Å². The minimum Gasteiger partial charge on any atom is -0.310 e. The van der Waals surface area contributed by atoms with Crippen LogP contribution >= 0.6 is 0 Å². The maximum absolute atomic E-state index is 3.46. The summed E-state index contributed by atoms with van der Waals surface area (Å²) in [6.07, 6.45) is 2.59. The van der Waals surface area contributed by atoms with E-state index in [1.165, 1.54) is 37.1 Å². The fourth-order valence-corrected chi connectivity index (χ4v) is 2.94. The van der Waals surface area contributed by atoms with E-state index in [-0.39, 0.29) is 0 Å². The number of likely N-dealkylation sites (tertiary alicyclic amines) is 1. The molecule has 0 unspecified atom stereocenters. The van der Waals surface area contributed by atoms with Crippen LogP contribution in [0.4, 0.5) is 0 Å². The van der Waals surface area contributed by atoms with Crippen molar-refractivity contribution in [3.63, 3.8) is 0 Å². The summed E-state index contributed by atoms with van der Waals surface area (Å²) in [4.78, 5) is 4.95. The highest BCUT2D eigenvalue weighted by Crippen LogP contribution is 2.17. The summed E-state index contributed by atoms with van der Waals surface area (Å²) in [6.45, 7) is 8.86. The average Bonchev–Trinajstić information content (AvgIpc) is 2.47. The third kappa shape index (κ3) is 5.42. The van der Waals surface area contributed by atoms with Crippen LogP contribution in [0.3, 0.4) is 0 Å². The maximum atomic E-state index is 3.46. The Labute approximate surface area is 130 Å². The van der Waals surface area contributed by atoms with Crippen LogP contribution in [0.2, 0.25) is 0 Å². The van der Waals surface area contributed by atoms with Gasteiger partial charge < -0.3 is 10.2 Å². The van der Waals surface area contributed by atoms with Crippen molar-refractivity contribution < 1.29 is 0 Å². The summed E-state index contributed by atoms with van der Waals surface area (Å²) < 4.78 is 0. The zero-order valence-corrected chi connectivity index (χ0v) is 14.1. The van der Waals surface area contributed by atoms with Crippen LogP contribution < -0.4 is 5.32 Å².